The first-order valence-corrected chi connectivity index (χ1v) is 4.35. The van der Waals surface area contributed by atoms with Gasteiger partial charge in [0.05, 0.1) is 0 Å². The van der Waals surface area contributed by atoms with E-state index in [-0.39, 0.29) is 0 Å². The maximum atomic E-state index is 5.76. The highest BCUT2D eigenvalue weighted by molar-refractivity contribution is 9.10. The molecule has 0 saturated carbocycles. The smallest absolute Gasteiger partial charge is 0.206 e. The SMILES string of the molecule is Nc1cc(Br)ccc1-c1nn[nH]n1. The number of nitrogens with one attached hydrogen (secondary N) is 1. The van der Waals surface area contributed by atoms with Crippen LogP contribution in [0.1, 0.15) is 0 Å². The van der Waals surface area contributed by atoms with E-state index in [1.165, 1.54) is 0 Å². The molecule has 0 aliphatic rings. The van der Waals surface area contributed by atoms with Gasteiger partial charge in [0.2, 0.25) is 5.82 Å². The minimum Gasteiger partial charge on any atom is -0.398 e. The summed E-state index contributed by atoms with van der Waals surface area (Å²) in [6, 6.07) is 5.51. The summed E-state index contributed by atoms with van der Waals surface area (Å²) in [7, 11) is 0. The fourth-order valence-electron chi connectivity index (χ4n) is 1.01. The van der Waals surface area contributed by atoms with Crippen LogP contribution in [0.5, 0.6) is 0 Å². The maximum Gasteiger partial charge on any atom is 0.206 e. The first kappa shape index (κ1) is 8.18. The van der Waals surface area contributed by atoms with E-state index in [1.807, 2.05) is 12.1 Å². The van der Waals surface area contributed by atoms with Crippen LogP contribution < -0.4 is 5.73 Å². The Morgan fingerprint density at radius 3 is 2.85 bits per heavy atom. The van der Waals surface area contributed by atoms with E-state index in [2.05, 4.69) is 36.6 Å². The largest absolute Gasteiger partial charge is 0.398 e. The molecule has 0 fully saturated rings. The molecule has 0 spiro atoms. The summed E-state index contributed by atoms with van der Waals surface area (Å²) in [5, 5.41) is 13.5. The lowest BCUT2D eigenvalue weighted by Gasteiger charge is -2.00. The lowest BCUT2D eigenvalue weighted by atomic mass is 10.2. The van der Waals surface area contributed by atoms with Crippen molar-refractivity contribution in [3.63, 3.8) is 0 Å². The summed E-state index contributed by atoms with van der Waals surface area (Å²) in [5.41, 5.74) is 7.16. The van der Waals surface area contributed by atoms with Gasteiger partial charge in [-0.3, -0.25) is 0 Å². The van der Waals surface area contributed by atoms with E-state index in [9.17, 15) is 0 Å². The van der Waals surface area contributed by atoms with Crippen LogP contribution in [-0.4, -0.2) is 20.6 Å². The molecule has 5 nitrogen and oxygen atoms in total. The molecule has 0 aliphatic carbocycles. The van der Waals surface area contributed by atoms with Gasteiger partial charge in [-0.05, 0) is 23.4 Å². The minimum atomic E-state index is 0.505. The second-order valence-electron chi connectivity index (χ2n) is 2.47. The number of tetrazole rings is 1. The van der Waals surface area contributed by atoms with Gasteiger partial charge in [0.25, 0.3) is 0 Å². The van der Waals surface area contributed by atoms with E-state index < -0.39 is 0 Å². The van der Waals surface area contributed by atoms with Gasteiger partial charge < -0.3 is 5.73 Å². The zero-order valence-corrected chi connectivity index (χ0v) is 8.12. The fraction of sp³-hybridized carbons (Fsp3) is 0. The van der Waals surface area contributed by atoms with Crippen molar-refractivity contribution in [2.24, 2.45) is 0 Å². The van der Waals surface area contributed by atoms with Crippen molar-refractivity contribution in [2.45, 2.75) is 0 Å². The molecule has 3 N–H and O–H groups in total. The summed E-state index contributed by atoms with van der Waals surface area (Å²) >= 11 is 3.32. The fourth-order valence-corrected chi connectivity index (χ4v) is 1.39. The third-order valence-corrected chi connectivity index (χ3v) is 2.09. The van der Waals surface area contributed by atoms with Gasteiger partial charge in [-0.15, -0.1) is 10.2 Å². The molecule has 13 heavy (non-hydrogen) atoms. The van der Waals surface area contributed by atoms with Gasteiger partial charge in [0.15, 0.2) is 0 Å². The van der Waals surface area contributed by atoms with E-state index in [0.717, 1.165) is 10.0 Å². The molecular formula is C7H6BrN5. The van der Waals surface area contributed by atoms with E-state index >= 15 is 0 Å². The number of benzene rings is 1. The summed E-state index contributed by atoms with van der Waals surface area (Å²) in [6.07, 6.45) is 0. The van der Waals surface area contributed by atoms with Gasteiger partial charge >= 0.3 is 0 Å². The molecule has 0 saturated heterocycles. The van der Waals surface area contributed by atoms with Gasteiger partial charge in [-0.2, -0.15) is 5.21 Å². The van der Waals surface area contributed by atoms with Crippen molar-refractivity contribution < 1.29 is 0 Å². The number of halogens is 1. The van der Waals surface area contributed by atoms with Gasteiger partial charge in [-0.1, -0.05) is 15.9 Å². The monoisotopic (exact) mass is 239 g/mol. The number of nitrogen functional groups attached to an aromatic ring is 1. The van der Waals surface area contributed by atoms with Crippen LogP contribution >= 0.6 is 15.9 Å². The highest BCUT2D eigenvalue weighted by atomic mass is 79.9. The third kappa shape index (κ3) is 1.52. The summed E-state index contributed by atoms with van der Waals surface area (Å²) < 4.78 is 0.928. The van der Waals surface area contributed by atoms with Crippen LogP contribution in [-0.2, 0) is 0 Å². The normalized spacial score (nSPS) is 10.2. The number of hydrogen-bond acceptors (Lipinski definition) is 4. The molecule has 0 bridgehead atoms. The van der Waals surface area contributed by atoms with Crippen molar-refractivity contribution in [2.75, 3.05) is 5.73 Å². The standard InChI is InChI=1S/C7H6BrN5/c8-4-1-2-5(6(9)3-4)7-10-12-13-11-7/h1-3H,9H2,(H,10,11,12,13). The number of aromatic amines is 1. The number of hydrogen-bond donors (Lipinski definition) is 2. The highest BCUT2D eigenvalue weighted by Gasteiger charge is 2.06. The van der Waals surface area contributed by atoms with Crippen LogP contribution in [0.4, 0.5) is 5.69 Å². The Kier molecular flexibility index (Phi) is 1.97. The Balaban J connectivity index is 2.53. The van der Waals surface area contributed by atoms with Gasteiger partial charge in [0, 0.05) is 15.7 Å². The zero-order chi connectivity index (χ0) is 9.26. The van der Waals surface area contributed by atoms with Crippen LogP contribution in [0.15, 0.2) is 22.7 Å². The molecule has 0 unspecified atom stereocenters. The number of H-pyrrole nitrogens is 1. The van der Waals surface area contributed by atoms with Crippen LogP contribution in [0, 0.1) is 0 Å². The lowest BCUT2D eigenvalue weighted by Crippen LogP contribution is -1.91. The number of nitrogens with zero attached hydrogens (tertiary/aromatic N) is 3. The summed E-state index contributed by atoms with van der Waals surface area (Å²) in [6.45, 7) is 0. The molecule has 1 aromatic carbocycles. The Morgan fingerprint density at radius 1 is 1.38 bits per heavy atom. The molecule has 1 aromatic heterocycles. The average Bonchev–Trinajstić information content (AvgIpc) is 2.56. The van der Waals surface area contributed by atoms with Gasteiger partial charge in [0.1, 0.15) is 0 Å². The average molecular weight is 240 g/mol. The van der Waals surface area contributed by atoms with E-state index in [1.54, 1.807) is 6.07 Å². The molecule has 0 atom stereocenters. The first-order chi connectivity index (χ1) is 6.27. The predicted molar refractivity (Wildman–Crippen MR) is 51.7 cm³/mol. The number of aromatic nitrogens is 4. The van der Waals surface area contributed by atoms with Crippen molar-refractivity contribution in [3.8, 4) is 11.4 Å². The van der Waals surface area contributed by atoms with Crippen LogP contribution in [0.3, 0.4) is 0 Å². The molecule has 66 valence electrons. The summed E-state index contributed by atoms with van der Waals surface area (Å²) in [5.74, 6) is 0.505. The Morgan fingerprint density at radius 2 is 2.23 bits per heavy atom. The van der Waals surface area contributed by atoms with Crippen molar-refractivity contribution in [3.05, 3.63) is 22.7 Å². The van der Waals surface area contributed by atoms with Crippen LogP contribution in [0.25, 0.3) is 11.4 Å². The van der Waals surface area contributed by atoms with Crippen molar-refractivity contribution in [1.82, 2.24) is 20.6 Å². The summed E-state index contributed by atoms with van der Waals surface area (Å²) in [4.78, 5) is 0. The molecule has 0 amide bonds. The molecule has 2 aromatic rings. The van der Waals surface area contributed by atoms with Gasteiger partial charge in [-0.25, -0.2) is 0 Å². The number of rotatable bonds is 1. The van der Waals surface area contributed by atoms with Crippen molar-refractivity contribution in [1.29, 1.82) is 0 Å². The first-order valence-electron chi connectivity index (χ1n) is 3.56. The highest BCUT2D eigenvalue weighted by Crippen LogP contribution is 2.24. The molecular weight excluding hydrogens is 234 g/mol. The zero-order valence-electron chi connectivity index (χ0n) is 6.53. The Hall–Kier alpha value is -1.43. The quantitative estimate of drug-likeness (QED) is 0.734. The molecule has 0 aliphatic heterocycles. The maximum absolute atomic E-state index is 5.76. The topological polar surface area (TPSA) is 80.5 Å². The second-order valence-corrected chi connectivity index (χ2v) is 3.38. The number of nitrogens with two attached hydrogens (primary N) is 1. The second kappa shape index (κ2) is 3.14. The number of anilines is 1. The van der Waals surface area contributed by atoms with E-state index in [0.29, 0.717) is 11.5 Å². The van der Waals surface area contributed by atoms with Crippen molar-refractivity contribution >= 4 is 21.6 Å². The van der Waals surface area contributed by atoms with Crippen LogP contribution in [0.2, 0.25) is 0 Å². The minimum absolute atomic E-state index is 0.505. The molecule has 0 radical (unpaired) electrons. The Bertz CT molecular complexity index is 411. The van der Waals surface area contributed by atoms with E-state index in [4.69, 9.17) is 5.73 Å². The molecule has 6 heteroatoms. The third-order valence-electron chi connectivity index (χ3n) is 1.60. The Labute approximate surface area is 82.5 Å². The predicted octanol–water partition coefficient (Wildman–Crippen LogP) is 1.21. The molecule has 2 rings (SSSR count). The lowest BCUT2D eigenvalue weighted by molar-refractivity contribution is 0.881. The molecule has 1 heterocycles.